The molecule has 0 saturated carbocycles. The number of fused-ring (bicyclic) bond motifs is 1. The van der Waals surface area contributed by atoms with Crippen LogP contribution in [0.25, 0.3) is 0 Å². The summed E-state index contributed by atoms with van der Waals surface area (Å²) in [4.78, 5) is 48.5. The monoisotopic (exact) mass is 545 g/mol. The van der Waals surface area contributed by atoms with Gasteiger partial charge in [0.05, 0.1) is 32.9 Å². The average molecular weight is 546 g/mol. The summed E-state index contributed by atoms with van der Waals surface area (Å²) in [5.41, 5.74) is 2.65. The maximum Gasteiger partial charge on any atom is 0.284 e. The van der Waals surface area contributed by atoms with E-state index in [1.54, 1.807) is 29.2 Å². The van der Waals surface area contributed by atoms with Crippen molar-refractivity contribution in [3.8, 4) is 0 Å². The molecule has 188 valence electrons. The summed E-state index contributed by atoms with van der Waals surface area (Å²) in [6.07, 6.45) is 0.804. The van der Waals surface area contributed by atoms with Crippen molar-refractivity contribution in [3.05, 3.63) is 60.7 Å². The second-order valence-electron chi connectivity index (χ2n) is 8.53. The number of rotatable bonds is 6. The number of ether oxygens (including phenoxy) is 1. The molecular weight excluding hydrogens is 522 g/mol. The zero-order chi connectivity index (χ0) is 25.2. The molecule has 4 heterocycles. The van der Waals surface area contributed by atoms with Crippen LogP contribution in [-0.2, 0) is 29.0 Å². The Morgan fingerprint density at radius 2 is 2.03 bits per heavy atom. The highest BCUT2D eigenvalue weighted by Crippen LogP contribution is 2.33. The Kier molecular flexibility index (Phi) is 7.35. The number of likely N-dealkylation sites (N-methyl/N-ethyl adjacent to an activating group) is 1. The number of nitrogens with zero attached hydrogens (tertiary/aromatic N) is 3. The number of hydrogen-bond donors (Lipinski definition) is 2. The van der Waals surface area contributed by atoms with E-state index in [4.69, 9.17) is 16.3 Å². The van der Waals surface area contributed by atoms with Gasteiger partial charge in [-0.05, 0) is 30.8 Å². The van der Waals surface area contributed by atoms with Gasteiger partial charge in [-0.1, -0.05) is 23.7 Å². The molecule has 0 radical (unpaired) electrons. The first-order valence-corrected chi connectivity index (χ1v) is 13.4. The van der Waals surface area contributed by atoms with E-state index in [2.05, 4.69) is 20.5 Å². The van der Waals surface area contributed by atoms with E-state index in [1.165, 1.54) is 22.7 Å². The molecule has 0 aliphatic carbocycles. The van der Waals surface area contributed by atoms with Crippen LogP contribution in [-0.4, -0.2) is 61.0 Å². The molecule has 1 saturated heterocycles. The summed E-state index contributed by atoms with van der Waals surface area (Å²) in [6, 6.07) is 8.73. The molecule has 0 atom stereocenters. The summed E-state index contributed by atoms with van der Waals surface area (Å²) in [7, 11) is 2.04. The number of carbonyl (C=O) groups excluding carboxylic acids is 3. The molecule has 0 spiro atoms. The molecule has 2 aliphatic rings. The lowest BCUT2D eigenvalue weighted by Gasteiger charge is -2.29. The van der Waals surface area contributed by atoms with Crippen molar-refractivity contribution in [3.63, 3.8) is 0 Å². The van der Waals surface area contributed by atoms with Gasteiger partial charge in [0.2, 0.25) is 0 Å². The third kappa shape index (κ3) is 5.30. The van der Waals surface area contributed by atoms with Crippen molar-refractivity contribution >= 4 is 63.4 Å². The molecule has 5 rings (SSSR count). The van der Waals surface area contributed by atoms with Crippen LogP contribution in [0.5, 0.6) is 0 Å². The van der Waals surface area contributed by atoms with E-state index in [-0.39, 0.29) is 30.9 Å². The van der Waals surface area contributed by atoms with Crippen LogP contribution >= 0.6 is 34.3 Å². The molecular formula is C24H24ClN5O4S2. The Morgan fingerprint density at radius 1 is 1.17 bits per heavy atom. The van der Waals surface area contributed by atoms with E-state index >= 15 is 0 Å². The molecule has 1 fully saturated rings. The van der Waals surface area contributed by atoms with E-state index in [0.29, 0.717) is 44.3 Å². The fourth-order valence-corrected chi connectivity index (χ4v) is 6.20. The molecule has 3 aromatic rings. The maximum atomic E-state index is 13.3. The number of halogens is 1. The van der Waals surface area contributed by atoms with Crippen molar-refractivity contribution in [1.82, 2.24) is 15.2 Å². The van der Waals surface area contributed by atoms with Crippen LogP contribution in [0.2, 0.25) is 4.34 Å². The minimum Gasteiger partial charge on any atom is -0.370 e. The van der Waals surface area contributed by atoms with Gasteiger partial charge >= 0.3 is 0 Å². The molecule has 9 nitrogen and oxygen atoms in total. The summed E-state index contributed by atoms with van der Waals surface area (Å²) >= 11 is 8.54. The van der Waals surface area contributed by atoms with E-state index in [1.807, 2.05) is 13.1 Å². The third-order valence-electron chi connectivity index (χ3n) is 6.00. The number of morpholine rings is 1. The van der Waals surface area contributed by atoms with Gasteiger partial charge < -0.3 is 25.2 Å². The number of hydrogen-bond acceptors (Lipinski definition) is 8. The number of anilines is 2. The molecule has 0 unspecified atom stereocenters. The molecule has 12 heteroatoms. The predicted molar refractivity (Wildman–Crippen MR) is 140 cm³/mol. The Bertz CT molecular complexity index is 1320. The van der Waals surface area contributed by atoms with Crippen molar-refractivity contribution in [2.45, 2.75) is 19.5 Å². The highest BCUT2D eigenvalue weighted by atomic mass is 35.5. The number of nitrogens with one attached hydrogen (secondary N) is 2. The molecule has 2 aliphatic heterocycles. The highest BCUT2D eigenvalue weighted by Gasteiger charge is 2.27. The Labute approximate surface area is 221 Å². The van der Waals surface area contributed by atoms with Gasteiger partial charge in [-0.25, -0.2) is 4.98 Å². The van der Waals surface area contributed by atoms with Gasteiger partial charge in [-0.15, -0.1) is 22.7 Å². The highest BCUT2D eigenvalue weighted by molar-refractivity contribution is 7.18. The Hall–Kier alpha value is -2.83. The Balaban J connectivity index is 1.43. The number of thiazole rings is 1. The molecule has 1 aromatic carbocycles. The number of thiophene rings is 1. The van der Waals surface area contributed by atoms with Gasteiger partial charge in [0.25, 0.3) is 17.7 Å². The minimum absolute atomic E-state index is 0.0276. The van der Waals surface area contributed by atoms with E-state index in [9.17, 15) is 14.4 Å². The summed E-state index contributed by atoms with van der Waals surface area (Å²) < 4.78 is 5.81. The smallest absolute Gasteiger partial charge is 0.284 e. The number of benzene rings is 1. The van der Waals surface area contributed by atoms with Gasteiger partial charge in [-0.3, -0.25) is 14.4 Å². The fourth-order valence-electron chi connectivity index (χ4n) is 4.16. The second kappa shape index (κ2) is 10.7. The quantitative estimate of drug-likeness (QED) is 0.492. The number of amides is 3. The SMILES string of the molecule is CN1CCc2nc(C(=O)Nc3c(CNC(=O)c4ccc(Cl)s4)cccc3N3CCOCC3=O)sc2C1. The third-order valence-corrected chi connectivity index (χ3v) is 8.31. The molecule has 0 bridgehead atoms. The Morgan fingerprint density at radius 3 is 2.81 bits per heavy atom. The number of para-hydroxylation sites is 1. The first-order chi connectivity index (χ1) is 17.4. The van der Waals surface area contributed by atoms with Crippen LogP contribution in [0.15, 0.2) is 30.3 Å². The molecule has 2 N–H and O–H groups in total. The lowest BCUT2D eigenvalue weighted by molar-refractivity contribution is -0.125. The van der Waals surface area contributed by atoms with Gasteiger partial charge in [0.15, 0.2) is 5.01 Å². The summed E-state index contributed by atoms with van der Waals surface area (Å²) in [5, 5.41) is 6.25. The zero-order valence-electron chi connectivity index (χ0n) is 19.5. The number of aromatic nitrogens is 1. The van der Waals surface area contributed by atoms with Gasteiger partial charge in [0.1, 0.15) is 6.61 Å². The molecule has 36 heavy (non-hydrogen) atoms. The van der Waals surface area contributed by atoms with Crippen molar-refractivity contribution in [2.24, 2.45) is 0 Å². The molecule has 3 amide bonds. The van der Waals surface area contributed by atoms with Gasteiger partial charge in [-0.2, -0.15) is 0 Å². The standard InChI is InChI=1S/C24H24ClN5O4S2/c1-29-8-7-15-18(12-29)36-24(27-15)23(33)28-21-14(11-26-22(32)17-5-6-19(25)35-17)3-2-4-16(21)30-9-10-34-13-20(30)31/h2-6H,7-13H2,1H3,(H,26,32)(H,28,33). The molecule has 2 aromatic heterocycles. The largest absolute Gasteiger partial charge is 0.370 e. The second-order valence-corrected chi connectivity index (χ2v) is 11.3. The van der Waals surface area contributed by atoms with Crippen molar-refractivity contribution in [2.75, 3.05) is 43.6 Å². The van der Waals surface area contributed by atoms with Crippen LogP contribution in [0.4, 0.5) is 11.4 Å². The van der Waals surface area contributed by atoms with Crippen LogP contribution in [0.1, 0.15) is 35.6 Å². The van der Waals surface area contributed by atoms with Crippen molar-refractivity contribution in [1.29, 1.82) is 0 Å². The number of carbonyl (C=O) groups is 3. The van der Waals surface area contributed by atoms with Crippen LogP contribution in [0.3, 0.4) is 0 Å². The predicted octanol–water partition coefficient (Wildman–Crippen LogP) is 3.39. The van der Waals surface area contributed by atoms with E-state index in [0.717, 1.165) is 30.1 Å². The topological polar surface area (TPSA) is 104 Å². The van der Waals surface area contributed by atoms with Crippen molar-refractivity contribution < 1.29 is 19.1 Å². The summed E-state index contributed by atoms with van der Waals surface area (Å²) in [5.74, 6) is -0.810. The van der Waals surface area contributed by atoms with E-state index < -0.39 is 0 Å². The van der Waals surface area contributed by atoms with Crippen LogP contribution in [0, 0.1) is 0 Å². The van der Waals surface area contributed by atoms with Crippen LogP contribution < -0.4 is 15.5 Å². The maximum absolute atomic E-state index is 13.3. The first-order valence-electron chi connectivity index (χ1n) is 11.4. The fraction of sp³-hybridized carbons (Fsp3) is 0.333. The normalized spacial score (nSPS) is 16.1. The first kappa shape index (κ1) is 24.8. The lowest BCUT2D eigenvalue weighted by atomic mass is 10.1. The van der Waals surface area contributed by atoms with Gasteiger partial charge in [0, 0.05) is 37.5 Å². The zero-order valence-corrected chi connectivity index (χ0v) is 21.9. The summed E-state index contributed by atoms with van der Waals surface area (Å²) in [6.45, 7) is 2.55. The average Bonchev–Trinajstić information content (AvgIpc) is 3.49. The lowest BCUT2D eigenvalue weighted by Crippen LogP contribution is -2.42. The minimum atomic E-state index is -0.345.